The van der Waals surface area contributed by atoms with Gasteiger partial charge in [-0.05, 0) is 61.1 Å². The predicted octanol–water partition coefficient (Wildman–Crippen LogP) is 4.66. The molecule has 0 saturated carbocycles. The summed E-state index contributed by atoms with van der Waals surface area (Å²) in [6.45, 7) is 6.10. The van der Waals surface area contributed by atoms with Crippen LogP contribution in [0.4, 0.5) is 10.1 Å². The van der Waals surface area contributed by atoms with Crippen LogP contribution in [0.3, 0.4) is 0 Å². The lowest BCUT2D eigenvalue weighted by molar-refractivity contribution is -0.136. The lowest BCUT2D eigenvalue weighted by Crippen LogP contribution is -2.48. The zero-order valence-corrected chi connectivity index (χ0v) is 19.1. The quantitative estimate of drug-likeness (QED) is 0.561. The third-order valence-electron chi connectivity index (χ3n) is 6.14. The van der Waals surface area contributed by atoms with Crippen LogP contribution in [0.25, 0.3) is 0 Å². The van der Waals surface area contributed by atoms with Crippen molar-refractivity contribution in [2.75, 3.05) is 5.32 Å². The molecule has 0 fully saturated rings. The second kappa shape index (κ2) is 9.15. The van der Waals surface area contributed by atoms with Crippen molar-refractivity contribution in [2.24, 2.45) is 11.7 Å². The van der Waals surface area contributed by atoms with E-state index in [2.05, 4.69) is 24.5 Å². The molecule has 0 aromatic heterocycles. The van der Waals surface area contributed by atoms with E-state index in [1.54, 1.807) is 0 Å². The Kier molecular flexibility index (Phi) is 6.94. The summed E-state index contributed by atoms with van der Waals surface area (Å²) in [4.78, 5) is 25.0. The molecule has 166 valence electrons. The second-order valence-corrected chi connectivity index (χ2v) is 9.46. The summed E-state index contributed by atoms with van der Waals surface area (Å²) in [6, 6.07) is 9.14. The number of fused-ring (bicyclic) bond motifs is 1. The van der Waals surface area contributed by atoms with E-state index in [1.165, 1.54) is 12.1 Å². The Morgan fingerprint density at radius 3 is 2.55 bits per heavy atom. The van der Waals surface area contributed by atoms with Crippen LogP contribution in [0.1, 0.15) is 44.2 Å². The molecule has 1 aliphatic rings. The minimum atomic E-state index is -0.887. The Bertz CT molecular complexity index is 1010. The maximum absolute atomic E-state index is 13.6. The summed E-state index contributed by atoms with van der Waals surface area (Å²) >= 11 is 12.1. The molecule has 0 saturated heterocycles. The van der Waals surface area contributed by atoms with Gasteiger partial charge in [0.05, 0.1) is 5.02 Å². The molecule has 4 N–H and O–H groups in total. The molecular formula is C23H26Cl2FN3O2. The van der Waals surface area contributed by atoms with E-state index < -0.39 is 23.2 Å². The van der Waals surface area contributed by atoms with Crippen molar-refractivity contribution in [1.82, 2.24) is 5.32 Å². The van der Waals surface area contributed by atoms with Crippen LogP contribution in [0.15, 0.2) is 36.4 Å². The SMILES string of the molecule is CC(C)C(C)(N)CC1c2cccc(Cl)c2CC1NC(=O)C(=O)Nc1ccc(Cl)c(F)c1. The van der Waals surface area contributed by atoms with Crippen molar-refractivity contribution in [3.8, 4) is 0 Å². The highest BCUT2D eigenvalue weighted by Crippen LogP contribution is 2.42. The van der Waals surface area contributed by atoms with E-state index in [-0.39, 0.29) is 28.6 Å². The molecule has 3 unspecified atom stereocenters. The molecule has 8 heteroatoms. The number of halogens is 3. The Morgan fingerprint density at radius 2 is 1.90 bits per heavy atom. The standard InChI is InChI=1S/C23H26Cl2FN3O2/c1-12(2)23(3,27)11-16-14-5-4-6-17(24)15(14)10-20(16)29-22(31)21(30)28-13-7-8-18(25)19(26)9-13/h4-9,12,16,20H,10-11,27H2,1-3H3,(H,28,30)(H,29,31). The molecule has 3 atom stereocenters. The van der Waals surface area contributed by atoms with Crippen molar-refractivity contribution in [2.45, 2.75) is 51.1 Å². The van der Waals surface area contributed by atoms with Gasteiger partial charge in [-0.3, -0.25) is 9.59 Å². The van der Waals surface area contributed by atoms with Crippen LogP contribution in [-0.4, -0.2) is 23.4 Å². The zero-order valence-electron chi connectivity index (χ0n) is 17.6. The summed E-state index contributed by atoms with van der Waals surface area (Å²) in [5.41, 5.74) is 8.21. The fraction of sp³-hybridized carbons (Fsp3) is 0.391. The van der Waals surface area contributed by atoms with E-state index in [0.29, 0.717) is 17.9 Å². The van der Waals surface area contributed by atoms with Gasteiger partial charge in [-0.2, -0.15) is 0 Å². The number of benzene rings is 2. The predicted molar refractivity (Wildman–Crippen MR) is 122 cm³/mol. The van der Waals surface area contributed by atoms with Gasteiger partial charge in [0, 0.05) is 28.2 Å². The molecule has 0 heterocycles. The number of hydrogen-bond donors (Lipinski definition) is 3. The van der Waals surface area contributed by atoms with Gasteiger partial charge in [-0.15, -0.1) is 0 Å². The molecule has 0 spiro atoms. The number of anilines is 1. The number of hydrogen-bond acceptors (Lipinski definition) is 3. The lowest BCUT2D eigenvalue weighted by Gasteiger charge is -2.34. The van der Waals surface area contributed by atoms with Gasteiger partial charge in [0.25, 0.3) is 0 Å². The Hall–Kier alpha value is -2.15. The third kappa shape index (κ3) is 5.20. The van der Waals surface area contributed by atoms with Crippen LogP contribution < -0.4 is 16.4 Å². The fourth-order valence-electron chi connectivity index (χ4n) is 3.83. The highest BCUT2D eigenvalue weighted by atomic mass is 35.5. The van der Waals surface area contributed by atoms with Crippen LogP contribution in [-0.2, 0) is 16.0 Å². The molecule has 5 nitrogen and oxygen atoms in total. The van der Waals surface area contributed by atoms with Crippen LogP contribution in [0.5, 0.6) is 0 Å². The van der Waals surface area contributed by atoms with E-state index in [0.717, 1.165) is 17.2 Å². The zero-order chi connectivity index (χ0) is 22.9. The van der Waals surface area contributed by atoms with Crippen molar-refractivity contribution >= 4 is 40.7 Å². The van der Waals surface area contributed by atoms with E-state index in [9.17, 15) is 14.0 Å². The van der Waals surface area contributed by atoms with E-state index >= 15 is 0 Å². The molecule has 31 heavy (non-hydrogen) atoms. The molecule has 1 aliphatic carbocycles. The van der Waals surface area contributed by atoms with Gasteiger partial charge in [0.2, 0.25) is 0 Å². The smallest absolute Gasteiger partial charge is 0.313 e. The summed E-state index contributed by atoms with van der Waals surface area (Å²) < 4.78 is 13.6. The average molecular weight is 466 g/mol. The highest BCUT2D eigenvalue weighted by molar-refractivity contribution is 6.39. The largest absolute Gasteiger partial charge is 0.344 e. The monoisotopic (exact) mass is 465 g/mol. The minimum Gasteiger partial charge on any atom is -0.344 e. The topological polar surface area (TPSA) is 84.2 Å². The van der Waals surface area contributed by atoms with Crippen LogP contribution >= 0.6 is 23.2 Å². The van der Waals surface area contributed by atoms with Crippen molar-refractivity contribution < 1.29 is 14.0 Å². The molecule has 2 amide bonds. The van der Waals surface area contributed by atoms with Crippen LogP contribution in [0.2, 0.25) is 10.0 Å². The summed E-state index contributed by atoms with van der Waals surface area (Å²) in [6.07, 6.45) is 1.12. The van der Waals surface area contributed by atoms with Crippen molar-refractivity contribution in [3.63, 3.8) is 0 Å². The summed E-state index contributed by atoms with van der Waals surface area (Å²) in [7, 11) is 0. The second-order valence-electron chi connectivity index (χ2n) is 8.65. The molecule has 0 aliphatic heterocycles. The number of carbonyl (C=O) groups is 2. The third-order valence-corrected chi connectivity index (χ3v) is 6.80. The molecule has 2 aromatic rings. The lowest BCUT2D eigenvalue weighted by atomic mass is 9.78. The number of amides is 2. The normalized spacial score (nSPS) is 19.6. The molecule has 0 bridgehead atoms. The van der Waals surface area contributed by atoms with Gasteiger partial charge in [-0.25, -0.2) is 4.39 Å². The van der Waals surface area contributed by atoms with Gasteiger partial charge in [-0.1, -0.05) is 49.2 Å². The first-order valence-corrected chi connectivity index (χ1v) is 10.9. The molecule has 3 rings (SSSR count). The van der Waals surface area contributed by atoms with E-state index in [1.807, 2.05) is 25.1 Å². The van der Waals surface area contributed by atoms with Crippen LogP contribution in [0, 0.1) is 11.7 Å². The van der Waals surface area contributed by atoms with Gasteiger partial charge in [0.15, 0.2) is 0 Å². The molecule has 0 radical (unpaired) electrons. The Balaban J connectivity index is 1.78. The van der Waals surface area contributed by atoms with Gasteiger partial charge in [0.1, 0.15) is 5.82 Å². The minimum absolute atomic E-state index is 0.0686. The number of carbonyl (C=O) groups excluding carboxylic acids is 2. The first-order chi connectivity index (χ1) is 14.5. The summed E-state index contributed by atoms with van der Waals surface area (Å²) in [5.74, 6) is -2.25. The fourth-order valence-corrected chi connectivity index (χ4v) is 4.20. The Morgan fingerprint density at radius 1 is 1.19 bits per heavy atom. The van der Waals surface area contributed by atoms with E-state index in [4.69, 9.17) is 28.9 Å². The number of rotatable bonds is 5. The van der Waals surface area contributed by atoms with Crippen molar-refractivity contribution in [3.05, 3.63) is 63.4 Å². The first-order valence-electron chi connectivity index (χ1n) is 10.1. The number of nitrogens with two attached hydrogens (primary N) is 1. The summed E-state index contributed by atoms with van der Waals surface area (Å²) in [5, 5.41) is 5.78. The maximum Gasteiger partial charge on any atom is 0.313 e. The average Bonchev–Trinajstić information content (AvgIpc) is 3.02. The maximum atomic E-state index is 13.6. The van der Waals surface area contributed by atoms with Gasteiger partial charge >= 0.3 is 11.8 Å². The molecule has 2 aromatic carbocycles. The first kappa shape index (κ1) is 23.5. The van der Waals surface area contributed by atoms with Gasteiger partial charge < -0.3 is 16.4 Å². The van der Waals surface area contributed by atoms with Crippen molar-refractivity contribution in [1.29, 1.82) is 0 Å². The highest BCUT2D eigenvalue weighted by Gasteiger charge is 2.39. The Labute approximate surface area is 191 Å². The molecular weight excluding hydrogens is 440 g/mol. The number of nitrogens with one attached hydrogen (secondary N) is 2.